The van der Waals surface area contributed by atoms with E-state index in [9.17, 15) is 4.79 Å². The average Bonchev–Trinajstić information content (AvgIpc) is 2.40. The SMILES string of the molecule is CC.NC(=O)C1CCN(N)C1. The second-order valence-corrected chi connectivity index (χ2v) is 2.38. The van der Waals surface area contributed by atoms with Gasteiger partial charge in [-0.05, 0) is 6.42 Å². The van der Waals surface area contributed by atoms with Crippen LogP contribution in [0.15, 0.2) is 0 Å². The summed E-state index contributed by atoms with van der Waals surface area (Å²) in [6.07, 6.45) is 0.811. The molecule has 4 N–H and O–H groups in total. The lowest BCUT2D eigenvalue weighted by molar-refractivity contribution is -0.121. The summed E-state index contributed by atoms with van der Waals surface area (Å²) in [4.78, 5) is 10.5. The summed E-state index contributed by atoms with van der Waals surface area (Å²) < 4.78 is 0. The number of hydrogen-bond acceptors (Lipinski definition) is 3. The maximum atomic E-state index is 10.5. The number of nitrogens with two attached hydrogens (primary N) is 2. The highest BCUT2D eigenvalue weighted by atomic mass is 16.1. The highest BCUT2D eigenvalue weighted by Crippen LogP contribution is 2.11. The first kappa shape index (κ1) is 10.4. The van der Waals surface area contributed by atoms with Gasteiger partial charge in [-0.25, -0.2) is 5.01 Å². The van der Waals surface area contributed by atoms with Crippen molar-refractivity contribution in [2.75, 3.05) is 13.1 Å². The minimum Gasteiger partial charge on any atom is -0.369 e. The standard InChI is InChI=1S/C5H11N3O.C2H6/c6-5(9)4-1-2-8(7)3-4;1-2/h4H,1-3,7H2,(H2,6,9);1-2H3. The third-order valence-electron chi connectivity index (χ3n) is 1.62. The van der Waals surface area contributed by atoms with E-state index >= 15 is 0 Å². The number of hydrazine groups is 1. The molecule has 1 rings (SSSR count). The summed E-state index contributed by atoms with van der Waals surface area (Å²) >= 11 is 0. The van der Waals surface area contributed by atoms with Crippen molar-refractivity contribution in [2.45, 2.75) is 20.3 Å². The molecule has 0 aromatic heterocycles. The Balaban J connectivity index is 0.000000461. The zero-order valence-electron chi connectivity index (χ0n) is 7.21. The van der Waals surface area contributed by atoms with Crippen LogP contribution in [0.5, 0.6) is 0 Å². The van der Waals surface area contributed by atoms with Gasteiger partial charge in [0.15, 0.2) is 0 Å². The Bertz CT molecular complexity index is 127. The summed E-state index contributed by atoms with van der Waals surface area (Å²) in [6, 6.07) is 0. The Labute approximate surface area is 67.5 Å². The average molecular weight is 159 g/mol. The van der Waals surface area contributed by atoms with Crippen LogP contribution in [0, 0.1) is 5.92 Å². The smallest absolute Gasteiger partial charge is 0.221 e. The Morgan fingerprint density at radius 3 is 2.27 bits per heavy atom. The van der Waals surface area contributed by atoms with Crippen LogP contribution in [0.3, 0.4) is 0 Å². The Hall–Kier alpha value is -0.610. The second kappa shape index (κ2) is 5.09. The van der Waals surface area contributed by atoms with E-state index in [1.807, 2.05) is 13.8 Å². The summed E-state index contributed by atoms with van der Waals surface area (Å²) in [7, 11) is 0. The van der Waals surface area contributed by atoms with Gasteiger partial charge < -0.3 is 5.73 Å². The molecule has 1 unspecified atom stereocenters. The predicted octanol–water partition coefficient (Wildman–Crippen LogP) is -0.306. The lowest BCUT2D eigenvalue weighted by Crippen LogP contribution is -2.31. The van der Waals surface area contributed by atoms with Crippen LogP contribution in [0.4, 0.5) is 0 Å². The van der Waals surface area contributed by atoms with E-state index in [1.165, 1.54) is 0 Å². The highest BCUT2D eigenvalue weighted by molar-refractivity contribution is 5.77. The third kappa shape index (κ3) is 3.34. The van der Waals surface area contributed by atoms with E-state index in [0.29, 0.717) is 6.54 Å². The number of primary amides is 1. The molecular weight excluding hydrogens is 142 g/mol. The number of amides is 1. The molecule has 0 aliphatic carbocycles. The molecule has 0 radical (unpaired) electrons. The van der Waals surface area contributed by atoms with Crippen molar-refractivity contribution in [3.63, 3.8) is 0 Å². The summed E-state index contributed by atoms with van der Waals surface area (Å²) in [5, 5.41) is 1.62. The quantitative estimate of drug-likeness (QED) is 0.516. The van der Waals surface area contributed by atoms with Crippen LogP contribution in [-0.2, 0) is 4.79 Å². The van der Waals surface area contributed by atoms with Gasteiger partial charge in [-0.1, -0.05) is 13.8 Å². The molecular formula is C7H17N3O. The van der Waals surface area contributed by atoms with Gasteiger partial charge in [0.05, 0.1) is 5.92 Å². The molecule has 1 saturated heterocycles. The van der Waals surface area contributed by atoms with Gasteiger partial charge in [0.25, 0.3) is 0 Å². The number of carbonyl (C=O) groups excluding carboxylic acids is 1. The van der Waals surface area contributed by atoms with Gasteiger partial charge in [-0.2, -0.15) is 0 Å². The van der Waals surface area contributed by atoms with E-state index in [4.69, 9.17) is 11.6 Å². The van der Waals surface area contributed by atoms with Crippen molar-refractivity contribution in [1.82, 2.24) is 5.01 Å². The van der Waals surface area contributed by atoms with Crippen LogP contribution in [-0.4, -0.2) is 24.0 Å². The normalized spacial score (nSPS) is 24.1. The molecule has 1 fully saturated rings. The monoisotopic (exact) mass is 159 g/mol. The number of rotatable bonds is 1. The molecule has 0 saturated carbocycles. The van der Waals surface area contributed by atoms with Crippen LogP contribution >= 0.6 is 0 Å². The van der Waals surface area contributed by atoms with Gasteiger partial charge in [0, 0.05) is 13.1 Å². The summed E-state index contributed by atoms with van der Waals surface area (Å²) in [6.45, 7) is 5.41. The van der Waals surface area contributed by atoms with Crippen molar-refractivity contribution >= 4 is 5.91 Å². The zero-order chi connectivity index (χ0) is 8.85. The van der Waals surface area contributed by atoms with E-state index < -0.39 is 0 Å². The molecule has 1 aliphatic heterocycles. The van der Waals surface area contributed by atoms with Gasteiger partial charge >= 0.3 is 0 Å². The van der Waals surface area contributed by atoms with Crippen molar-refractivity contribution in [3.05, 3.63) is 0 Å². The van der Waals surface area contributed by atoms with E-state index in [1.54, 1.807) is 5.01 Å². The summed E-state index contributed by atoms with van der Waals surface area (Å²) in [5.41, 5.74) is 5.04. The molecule has 0 spiro atoms. The molecule has 1 atom stereocenters. The fraction of sp³-hybridized carbons (Fsp3) is 0.857. The highest BCUT2D eigenvalue weighted by Gasteiger charge is 2.23. The predicted molar refractivity (Wildman–Crippen MR) is 44.4 cm³/mol. The molecule has 1 aliphatic rings. The molecule has 4 nitrogen and oxygen atoms in total. The molecule has 0 aromatic carbocycles. The molecule has 66 valence electrons. The zero-order valence-corrected chi connectivity index (χ0v) is 7.21. The first-order valence-corrected chi connectivity index (χ1v) is 3.99. The minimum atomic E-state index is -0.233. The number of nitrogens with zero attached hydrogens (tertiary/aromatic N) is 1. The first-order valence-electron chi connectivity index (χ1n) is 3.99. The Kier molecular flexibility index (Phi) is 4.81. The van der Waals surface area contributed by atoms with Gasteiger partial charge in [-0.3, -0.25) is 10.6 Å². The van der Waals surface area contributed by atoms with E-state index in [0.717, 1.165) is 13.0 Å². The Morgan fingerprint density at radius 2 is 2.09 bits per heavy atom. The second-order valence-electron chi connectivity index (χ2n) is 2.38. The molecule has 1 heterocycles. The molecule has 0 aromatic rings. The maximum Gasteiger partial charge on any atom is 0.221 e. The largest absolute Gasteiger partial charge is 0.369 e. The molecule has 4 heteroatoms. The molecule has 1 amide bonds. The fourth-order valence-electron chi connectivity index (χ4n) is 1.02. The summed E-state index contributed by atoms with van der Waals surface area (Å²) in [5.74, 6) is 5.14. The van der Waals surface area contributed by atoms with Gasteiger partial charge in [-0.15, -0.1) is 0 Å². The van der Waals surface area contributed by atoms with Gasteiger partial charge in [0.1, 0.15) is 0 Å². The molecule has 11 heavy (non-hydrogen) atoms. The fourth-order valence-corrected chi connectivity index (χ4v) is 1.02. The van der Waals surface area contributed by atoms with Crippen molar-refractivity contribution < 1.29 is 4.79 Å². The van der Waals surface area contributed by atoms with Crippen molar-refractivity contribution in [1.29, 1.82) is 0 Å². The number of carbonyl (C=O) groups is 1. The number of hydrogen-bond donors (Lipinski definition) is 2. The van der Waals surface area contributed by atoms with Gasteiger partial charge in [0.2, 0.25) is 5.91 Å². The first-order chi connectivity index (χ1) is 5.20. The lowest BCUT2D eigenvalue weighted by atomic mass is 10.1. The van der Waals surface area contributed by atoms with Crippen LogP contribution in [0.2, 0.25) is 0 Å². The van der Waals surface area contributed by atoms with Crippen LogP contribution < -0.4 is 11.6 Å². The van der Waals surface area contributed by atoms with Crippen molar-refractivity contribution in [2.24, 2.45) is 17.5 Å². The Morgan fingerprint density at radius 1 is 1.55 bits per heavy atom. The van der Waals surface area contributed by atoms with Crippen LogP contribution in [0.25, 0.3) is 0 Å². The topological polar surface area (TPSA) is 72.4 Å². The van der Waals surface area contributed by atoms with Crippen molar-refractivity contribution in [3.8, 4) is 0 Å². The van der Waals surface area contributed by atoms with Crippen LogP contribution in [0.1, 0.15) is 20.3 Å². The maximum absolute atomic E-state index is 10.5. The van der Waals surface area contributed by atoms with E-state index in [2.05, 4.69) is 0 Å². The lowest BCUT2D eigenvalue weighted by Gasteiger charge is -2.04. The van der Waals surface area contributed by atoms with E-state index in [-0.39, 0.29) is 11.8 Å². The molecule has 0 bridgehead atoms. The third-order valence-corrected chi connectivity index (χ3v) is 1.62. The minimum absolute atomic E-state index is 0.0185.